The fourth-order valence-corrected chi connectivity index (χ4v) is 12.0. The van der Waals surface area contributed by atoms with Crippen LogP contribution in [0.5, 0.6) is 0 Å². The zero-order valence-corrected chi connectivity index (χ0v) is 34.6. The van der Waals surface area contributed by atoms with Crippen molar-refractivity contribution in [2.24, 2.45) is 0 Å². The highest BCUT2D eigenvalue weighted by molar-refractivity contribution is 7.26. The van der Waals surface area contributed by atoms with Crippen LogP contribution in [0, 0.1) is 0 Å². The van der Waals surface area contributed by atoms with Crippen LogP contribution in [0.3, 0.4) is 0 Å². The molecule has 2 aliphatic carbocycles. The Morgan fingerprint density at radius 2 is 0.887 bits per heavy atom. The molecule has 62 heavy (non-hydrogen) atoms. The largest absolute Gasteiger partial charge is 0.310 e. The highest BCUT2D eigenvalue weighted by atomic mass is 32.1. The summed E-state index contributed by atoms with van der Waals surface area (Å²) in [6, 6.07) is 85.3. The summed E-state index contributed by atoms with van der Waals surface area (Å²) in [5.41, 5.74) is 16.6. The van der Waals surface area contributed by atoms with E-state index in [0.29, 0.717) is 0 Å². The summed E-state index contributed by atoms with van der Waals surface area (Å²) in [6.07, 6.45) is 0. The Morgan fingerprint density at radius 3 is 1.61 bits per heavy atom. The van der Waals surface area contributed by atoms with Gasteiger partial charge in [-0.05, 0) is 123 Å². The predicted molar refractivity (Wildman–Crippen MR) is 263 cm³/mol. The van der Waals surface area contributed by atoms with E-state index in [1.807, 2.05) is 11.3 Å². The van der Waals surface area contributed by atoms with Crippen LogP contribution in [0.2, 0.25) is 0 Å². The fraction of sp³-hybridized carbons (Fsp3) is 0.0169. The van der Waals surface area contributed by atoms with Crippen LogP contribution < -0.4 is 9.80 Å². The lowest BCUT2D eigenvalue weighted by molar-refractivity contribution is 0.793. The highest BCUT2D eigenvalue weighted by Crippen LogP contribution is 2.67. The minimum absolute atomic E-state index is 0.613. The van der Waals surface area contributed by atoms with Gasteiger partial charge in [-0.1, -0.05) is 158 Å². The summed E-state index contributed by atoms with van der Waals surface area (Å²) in [5, 5.41) is 5.05. The normalized spacial score (nSPS) is 14.5. The Kier molecular flexibility index (Phi) is 7.72. The van der Waals surface area contributed by atoms with Crippen molar-refractivity contribution in [3.63, 3.8) is 0 Å². The summed E-state index contributed by atoms with van der Waals surface area (Å²) in [6.45, 7) is 0. The maximum atomic E-state index is 2.57. The number of rotatable bonds is 6. The average molecular weight is 807 g/mol. The number of hydrogen-bond acceptors (Lipinski definition) is 3. The van der Waals surface area contributed by atoms with Crippen LogP contribution in [0.15, 0.2) is 231 Å². The molecule has 3 heteroatoms. The lowest BCUT2D eigenvalue weighted by atomic mass is 9.69. The third-order valence-corrected chi connectivity index (χ3v) is 14.3. The van der Waals surface area contributed by atoms with Crippen molar-refractivity contribution in [1.29, 1.82) is 0 Å². The number of nitrogens with zero attached hydrogens (tertiary/aromatic N) is 2. The third kappa shape index (κ3) is 4.91. The molecule has 2 nitrogen and oxygen atoms in total. The van der Waals surface area contributed by atoms with Gasteiger partial charge in [-0.15, -0.1) is 11.3 Å². The molecule has 13 rings (SSSR count). The summed E-state index contributed by atoms with van der Waals surface area (Å²) in [5.74, 6) is 0. The minimum atomic E-state index is -0.613. The first kappa shape index (κ1) is 35.1. The molecule has 2 aliphatic rings. The van der Waals surface area contributed by atoms with Crippen LogP contribution in [0.1, 0.15) is 22.3 Å². The first-order chi connectivity index (χ1) is 30.8. The molecule has 1 aromatic heterocycles. The molecule has 1 heterocycles. The molecule has 1 spiro atoms. The van der Waals surface area contributed by atoms with Gasteiger partial charge in [0.1, 0.15) is 0 Å². The predicted octanol–water partition coefficient (Wildman–Crippen LogP) is 16.5. The van der Waals surface area contributed by atoms with Gasteiger partial charge in [-0.25, -0.2) is 0 Å². The number of fused-ring (bicyclic) bond motifs is 15. The number of para-hydroxylation sites is 3. The topological polar surface area (TPSA) is 6.48 Å². The highest BCUT2D eigenvalue weighted by Gasteiger charge is 2.54. The van der Waals surface area contributed by atoms with Gasteiger partial charge in [-0.2, -0.15) is 0 Å². The van der Waals surface area contributed by atoms with Gasteiger partial charge in [-0.3, -0.25) is 0 Å². The first-order valence-corrected chi connectivity index (χ1v) is 22.2. The second-order valence-electron chi connectivity index (χ2n) is 16.4. The molecule has 0 saturated carbocycles. The molecular formula is C59H38N2S. The maximum absolute atomic E-state index is 2.57. The Balaban J connectivity index is 1.17. The number of thiophene rings is 1. The lowest BCUT2D eigenvalue weighted by Crippen LogP contribution is -2.28. The SMILES string of the molecule is c1ccc(N(c2ccccc2)c2ccc3c(c2)-c2ccccc2C32c3ccccc3-c3c2c(N(c2ccccc2)c2cccc4sc5ccccc5c24)cc2ccccc32)cc1. The molecule has 0 fully saturated rings. The smallest absolute Gasteiger partial charge is 0.0746 e. The van der Waals surface area contributed by atoms with Crippen molar-refractivity contribution in [2.75, 3.05) is 9.80 Å². The van der Waals surface area contributed by atoms with Gasteiger partial charge in [0.2, 0.25) is 0 Å². The number of hydrogen-bond donors (Lipinski definition) is 0. The average Bonchev–Trinajstić information content (AvgIpc) is 3.98. The molecule has 0 N–H and O–H groups in total. The van der Waals surface area contributed by atoms with E-state index in [1.54, 1.807) is 0 Å². The second kappa shape index (κ2) is 13.7. The van der Waals surface area contributed by atoms with Gasteiger partial charge < -0.3 is 9.80 Å². The Hall–Kier alpha value is -7.72. The van der Waals surface area contributed by atoms with Gasteiger partial charge in [0.05, 0.1) is 16.8 Å². The molecule has 11 aromatic rings. The van der Waals surface area contributed by atoms with Gasteiger partial charge in [0.25, 0.3) is 0 Å². The van der Waals surface area contributed by atoms with Crippen LogP contribution in [0.4, 0.5) is 34.1 Å². The summed E-state index contributed by atoms with van der Waals surface area (Å²) in [7, 11) is 0. The number of anilines is 6. The van der Waals surface area contributed by atoms with E-state index in [2.05, 4.69) is 240 Å². The van der Waals surface area contributed by atoms with E-state index in [-0.39, 0.29) is 0 Å². The lowest BCUT2D eigenvalue weighted by Gasteiger charge is -2.36. The molecule has 1 atom stereocenters. The van der Waals surface area contributed by atoms with Crippen molar-refractivity contribution in [3.8, 4) is 22.3 Å². The van der Waals surface area contributed by atoms with E-state index >= 15 is 0 Å². The number of benzene rings is 10. The third-order valence-electron chi connectivity index (χ3n) is 13.2. The van der Waals surface area contributed by atoms with Crippen molar-refractivity contribution in [1.82, 2.24) is 0 Å². The Bertz CT molecular complexity index is 3500. The quantitative estimate of drug-likeness (QED) is 0.165. The fourth-order valence-electron chi connectivity index (χ4n) is 10.8. The maximum Gasteiger partial charge on any atom is 0.0746 e. The second-order valence-corrected chi connectivity index (χ2v) is 17.4. The van der Waals surface area contributed by atoms with Crippen LogP contribution >= 0.6 is 11.3 Å². The van der Waals surface area contributed by atoms with Crippen molar-refractivity contribution in [3.05, 3.63) is 253 Å². The van der Waals surface area contributed by atoms with Crippen molar-refractivity contribution >= 4 is 76.4 Å². The van der Waals surface area contributed by atoms with E-state index in [9.17, 15) is 0 Å². The standard InChI is InChI=1S/C59H38N2S/c1-4-20-40(21-5-1)60(41-22-6-2-7-23-41)43-35-36-51-48(38-43)45-27-12-15-30-49(45)59(51)50-31-16-13-28-46(50)56-44-26-11-10-19-39(44)37-53(58(56)59)61(42-24-8-3-9-25-42)52-32-18-34-55-57(52)47-29-14-17-33-54(47)62-55/h1-38H. The van der Waals surface area contributed by atoms with Crippen LogP contribution in [-0.4, -0.2) is 0 Å². The van der Waals surface area contributed by atoms with E-state index in [4.69, 9.17) is 0 Å². The van der Waals surface area contributed by atoms with Crippen LogP contribution in [0.25, 0.3) is 53.2 Å². The summed E-state index contributed by atoms with van der Waals surface area (Å²) >= 11 is 1.87. The zero-order chi connectivity index (χ0) is 40.8. The van der Waals surface area contributed by atoms with Crippen LogP contribution in [-0.2, 0) is 5.41 Å². The van der Waals surface area contributed by atoms with E-state index < -0.39 is 5.41 Å². The molecule has 0 radical (unpaired) electrons. The van der Waals surface area contributed by atoms with Crippen molar-refractivity contribution < 1.29 is 0 Å². The molecule has 0 amide bonds. The van der Waals surface area contributed by atoms with Gasteiger partial charge >= 0.3 is 0 Å². The zero-order valence-electron chi connectivity index (χ0n) is 33.7. The molecule has 0 bridgehead atoms. The summed E-state index contributed by atoms with van der Waals surface area (Å²) in [4.78, 5) is 4.95. The van der Waals surface area contributed by atoms with Crippen molar-refractivity contribution in [2.45, 2.75) is 5.41 Å². The molecule has 0 saturated heterocycles. The molecule has 290 valence electrons. The van der Waals surface area contributed by atoms with E-state index in [1.165, 1.54) is 86.8 Å². The Labute approximate surface area is 364 Å². The summed E-state index contributed by atoms with van der Waals surface area (Å²) < 4.78 is 2.58. The van der Waals surface area contributed by atoms with E-state index in [0.717, 1.165) is 22.7 Å². The molecule has 0 aliphatic heterocycles. The Morgan fingerprint density at radius 1 is 0.339 bits per heavy atom. The molecule has 1 unspecified atom stereocenters. The first-order valence-electron chi connectivity index (χ1n) is 21.4. The van der Waals surface area contributed by atoms with Gasteiger partial charge in [0.15, 0.2) is 0 Å². The minimum Gasteiger partial charge on any atom is -0.310 e. The van der Waals surface area contributed by atoms with Gasteiger partial charge in [0, 0.05) is 48.5 Å². The molecular weight excluding hydrogens is 769 g/mol. The molecule has 10 aromatic carbocycles. The monoisotopic (exact) mass is 806 g/mol.